The van der Waals surface area contributed by atoms with Crippen LogP contribution in [0.25, 0.3) is 0 Å². The molecule has 2 N–H and O–H groups in total. The van der Waals surface area contributed by atoms with Crippen LogP contribution in [-0.2, 0) is 0 Å². The van der Waals surface area contributed by atoms with Gasteiger partial charge in [-0.1, -0.05) is 6.07 Å². The topological polar surface area (TPSA) is 92.9 Å². The van der Waals surface area contributed by atoms with Gasteiger partial charge in [-0.2, -0.15) is 5.26 Å². The zero-order chi connectivity index (χ0) is 10.0. The Labute approximate surface area is 74.5 Å². The van der Waals surface area contributed by atoms with E-state index in [0.717, 1.165) is 0 Å². The molecule has 5 heteroatoms. The Balaban J connectivity index is 3.47. The van der Waals surface area contributed by atoms with Crippen LogP contribution >= 0.6 is 0 Å². The molecule has 0 saturated heterocycles. The number of nitro benzene ring substituents is 1. The Morgan fingerprint density at radius 3 is 2.69 bits per heavy atom. The number of nitro groups is 1. The zero-order valence-electron chi connectivity index (χ0n) is 6.94. The van der Waals surface area contributed by atoms with Gasteiger partial charge in [-0.15, -0.1) is 0 Å². The first kappa shape index (κ1) is 9.00. The van der Waals surface area contributed by atoms with Crippen molar-refractivity contribution in [2.45, 2.75) is 6.92 Å². The molecule has 0 aliphatic carbocycles. The van der Waals surface area contributed by atoms with Gasteiger partial charge in [-0.3, -0.25) is 10.1 Å². The SMILES string of the molecule is Cc1ccc([N+](=O)[O-])c(N)c1C#N. The van der Waals surface area contributed by atoms with E-state index in [9.17, 15) is 10.1 Å². The van der Waals surface area contributed by atoms with Crippen molar-refractivity contribution in [2.24, 2.45) is 0 Å². The van der Waals surface area contributed by atoms with Crippen LogP contribution in [0.2, 0.25) is 0 Å². The molecule has 0 fully saturated rings. The lowest BCUT2D eigenvalue weighted by Crippen LogP contribution is -1.99. The number of hydrogen-bond acceptors (Lipinski definition) is 4. The van der Waals surface area contributed by atoms with Crippen molar-refractivity contribution in [3.63, 3.8) is 0 Å². The van der Waals surface area contributed by atoms with E-state index in [2.05, 4.69) is 0 Å². The maximum atomic E-state index is 10.4. The minimum Gasteiger partial charge on any atom is -0.392 e. The molecule has 13 heavy (non-hydrogen) atoms. The zero-order valence-corrected chi connectivity index (χ0v) is 6.94. The van der Waals surface area contributed by atoms with Crippen molar-refractivity contribution in [1.82, 2.24) is 0 Å². The van der Waals surface area contributed by atoms with Gasteiger partial charge in [0.15, 0.2) is 0 Å². The summed E-state index contributed by atoms with van der Waals surface area (Å²) in [5.74, 6) is 0. The van der Waals surface area contributed by atoms with E-state index in [4.69, 9.17) is 11.0 Å². The van der Waals surface area contributed by atoms with Gasteiger partial charge >= 0.3 is 0 Å². The third-order valence-electron chi connectivity index (χ3n) is 1.74. The van der Waals surface area contributed by atoms with Crippen molar-refractivity contribution >= 4 is 11.4 Å². The van der Waals surface area contributed by atoms with Gasteiger partial charge in [-0.05, 0) is 12.5 Å². The second-order valence-electron chi connectivity index (χ2n) is 2.56. The molecule has 66 valence electrons. The largest absolute Gasteiger partial charge is 0.392 e. The molecule has 1 rings (SSSR count). The fourth-order valence-electron chi connectivity index (χ4n) is 1.03. The normalized spacial score (nSPS) is 9.23. The van der Waals surface area contributed by atoms with Crippen LogP contribution in [0.5, 0.6) is 0 Å². The van der Waals surface area contributed by atoms with E-state index in [1.807, 2.05) is 6.07 Å². The first-order chi connectivity index (χ1) is 6.07. The minimum atomic E-state index is -0.602. The monoisotopic (exact) mass is 177 g/mol. The molecule has 1 aromatic rings. The van der Waals surface area contributed by atoms with Gasteiger partial charge in [0.1, 0.15) is 11.8 Å². The van der Waals surface area contributed by atoms with Crippen molar-refractivity contribution in [3.05, 3.63) is 33.4 Å². The predicted octanol–water partition coefficient (Wildman–Crippen LogP) is 1.36. The lowest BCUT2D eigenvalue weighted by molar-refractivity contribution is -0.383. The third-order valence-corrected chi connectivity index (χ3v) is 1.74. The summed E-state index contributed by atoms with van der Waals surface area (Å²) in [7, 11) is 0. The van der Waals surface area contributed by atoms with Crippen LogP contribution in [0.15, 0.2) is 12.1 Å². The van der Waals surface area contributed by atoms with E-state index in [-0.39, 0.29) is 16.9 Å². The molecule has 0 aliphatic rings. The second-order valence-corrected chi connectivity index (χ2v) is 2.56. The second kappa shape index (κ2) is 3.11. The van der Waals surface area contributed by atoms with Crippen molar-refractivity contribution in [1.29, 1.82) is 5.26 Å². The quantitative estimate of drug-likeness (QED) is 0.398. The molecule has 0 heterocycles. The van der Waals surface area contributed by atoms with E-state index in [0.29, 0.717) is 5.56 Å². The van der Waals surface area contributed by atoms with Gasteiger partial charge in [0.25, 0.3) is 5.69 Å². The van der Waals surface area contributed by atoms with E-state index in [1.165, 1.54) is 12.1 Å². The number of benzene rings is 1. The van der Waals surface area contributed by atoms with Crippen molar-refractivity contribution < 1.29 is 4.92 Å². The van der Waals surface area contributed by atoms with Gasteiger partial charge in [0, 0.05) is 6.07 Å². The Hall–Kier alpha value is -2.09. The molecule has 0 unspecified atom stereocenters. The highest BCUT2D eigenvalue weighted by Gasteiger charge is 2.15. The molecule has 5 nitrogen and oxygen atoms in total. The number of nitrogens with zero attached hydrogens (tertiary/aromatic N) is 2. The van der Waals surface area contributed by atoms with Gasteiger partial charge in [0.05, 0.1) is 10.5 Å². The first-order valence-electron chi connectivity index (χ1n) is 3.51. The Bertz CT molecular complexity index is 407. The number of aryl methyl sites for hydroxylation is 1. The maximum Gasteiger partial charge on any atom is 0.293 e. The van der Waals surface area contributed by atoms with Gasteiger partial charge in [0.2, 0.25) is 0 Å². The van der Waals surface area contributed by atoms with Crippen LogP contribution in [0, 0.1) is 28.4 Å². The number of anilines is 1. The average molecular weight is 177 g/mol. The summed E-state index contributed by atoms with van der Waals surface area (Å²) >= 11 is 0. The van der Waals surface area contributed by atoms with E-state index < -0.39 is 4.92 Å². The maximum absolute atomic E-state index is 10.4. The van der Waals surface area contributed by atoms with Crippen LogP contribution in [0.4, 0.5) is 11.4 Å². The number of nitrogen functional groups attached to an aromatic ring is 1. The highest BCUT2D eigenvalue weighted by atomic mass is 16.6. The summed E-state index contributed by atoms with van der Waals surface area (Å²) < 4.78 is 0. The summed E-state index contributed by atoms with van der Waals surface area (Å²) in [6.07, 6.45) is 0. The molecule has 0 spiro atoms. The van der Waals surface area contributed by atoms with Gasteiger partial charge < -0.3 is 5.73 Å². The molecule has 1 aromatic carbocycles. The standard InChI is InChI=1S/C8H7N3O2/c1-5-2-3-7(11(12)13)8(10)6(5)4-9/h2-3H,10H2,1H3. The van der Waals surface area contributed by atoms with Crippen LogP contribution in [0.3, 0.4) is 0 Å². The van der Waals surface area contributed by atoms with Crippen LogP contribution in [0.1, 0.15) is 11.1 Å². The molecule has 0 bridgehead atoms. The molecule has 0 aromatic heterocycles. The van der Waals surface area contributed by atoms with Crippen molar-refractivity contribution in [3.8, 4) is 6.07 Å². The molecule has 0 radical (unpaired) electrons. The van der Waals surface area contributed by atoms with Crippen molar-refractivity contribution in [2.75, 3.05) is 5.73 Å². The summed E-state index contributed by atoms with van der Waals surface area (Å²) in [5, 5.41) is 19.1. The fourth-order valence-corrected chi connectivity index (χ4v) is 1.03. The highest BCUT2D eigenvalue weighted by molar-refractivity contribution is 5.69. The minimum absolute atomic E-state index is 0.0625. The molecule has 0 amide bonds. The van der Waals surface area contributed by atoms with Crippen LogP contribution < -0.4 is 5.73 Å². The summed E-state index contributed by atoms with van der Waals surface area (Å²) in [5.41, 5.74) is 5.97. The fraction of sp³-hybridized carbons (Fsp3) is 0.125. The molecule has 0 saturated carbocycles. The lowest BCUT2D eigenvalue weighted by atomic mass is 10.1. The number of nitriles is 1. The molecular weight excluding hydrogens is 170 g/mol. The lowest BCUT2D eigenvalue weighted by Gasteiger charge is -2.01. The predicted molar refractivity (Wildman–Crippen MR) is 47.0 cm³/mol. The van der Waals surface area contributed by atoms with Crippen LogP contribution in [-0.4, -0.2) is 4.92 Å². The Morgan fingerprint density at radius 1 is 1.62 bits per heavy atom. The van der Waals surface area contributed by atoms with E-state index >= 15 is 0 Å². The highest BCUT2D eigenvalue weighted by Crippen LogP contribution is 2.26. The van der Waals surface area contributed by atoms with Gasteiger partial charge in [-0.25, -0.2) is 0 Å². The summed E-state index contributed by atoms with van der Waals surface area (Å²) in [4.78, 5) is 9.82. The Morgan fingerprint density at radius 2 is 2.23 bits per heavy atom. The summed E-state index contributed by atoms with van der Waals surface area (Å²) in [6, 6.07) is 4.63. The smallest absolute Gasteiger partial charge is 0.293 e. The molecule has 0 aliphatic heterocycles. The van der Waals surface area contributed by atoms with E-state index in [1.54, 1.807) is 6.92 Å². The third kappa shape index (κ3) is 1.42. The number of nitrogens with two attached hydrogens (primary N) is 1. The average Bonchev–Trinajstić information content (AvgIpc) is 2.04. The Kier molecular flexibility index (Phi) is 2.15. The number of hydrogen-bond donors (Lipinski definition) is 1. The first-order valence-corrected chi connectivity index (χ1v) is 3.51. The molecular formula is C8H7N3O2. The number of rotatable bonds is 1. The summed E-state index contributed by atoms with van der Waals surface area (Å²) in [6.45, 7) is 1.68. The molecule has 0 atom stereocenters.